The van der Waals surface area contributed by atoms with Gasteiger partial charge < -0.3 is 30.1 Å². The summed E-state index contributed by atoms with van der Waals surface area (Å²) in [7, 11) is 1.90. The molecule has 4 N–H and O–H groups in total. The molecule has 0 aliphatic carbocycles. The van der Waals surface area contributed by atoms with Crippen molar-refractivity contribution in [1.82, 2.24) is 29.3 Å². The number of nitrogens with zero attached hydrogens (tertiary/aromatic N) is 6. The minimum absolute atomic E-state index is 0.0624. The molecule has 12 heteroatoms. The van der Waals surface area contributed by atoms with E-state index in [1.54, 1.807) is 10.8 Å². The third kappa shape index (κ3) is 3.55. The molecular weight excluding hydrogens is 406 g/mol. The van der Waals surface area contributed by atoms with Gasteiger partial charge in [0.1, 0.15) is 30.7 Å². The van der Waals surface area contributed by atoms with Crippen molar-refractivity contribution in [2.24, 2.45) is 7.05 Å². The molecule has 12 nitrogen and oxygen atoms in total. The first kappa shape index (κ1) is 20.3. The van der Waals surface area contributed by atoms with Crippen LogP contribution in [0.2, 0.25) is 0 Å². The van der Waals surface area contributed by atoms with Crippen molar-refractivity contribution in [3.8, 4) is 0 Å². The maximum atomic E-state index is 10.3. The monoisotopic (exact) mass is 431 g/mol. The zero-order valence-corrected chi connectivity index (χ0v) is 16.9. The van der Waals surface area contributed by atoms with Crippen molar-refractivity contribution < 1.29 is 24.8 Å². The average Bonchev–Trinajstić information content (AvgIpc) is 3.47. The van der Waals surface area contributed by atoms with Crippen LogP contribution in [0.25, 0.3) is 11.2 Å². The van der Waals surface area contributed by atoms with Crippen LogP contribution in [-0.2, 0) is 16.5 Å². The van der Waals surface area contributed by atoms with Gasteiger partial charge in [0.2, 0.25) is 0 Å². The number of aromatic nitrogens is 6. The largest absolute Gasteiger partial charge is 0.394 e. The van der Waals surface area contributed by atoms with Crippen LogP contribution in [-0.4, -0.2) is 82.2 Å². The minimum Gasteiger partial charge on any atom is -0.394 e. The topological polar surface area (TPSA) is 153 Å². The minimum atomic E-state index is -1.21. The van der Waals surface area contributed by atoms with E-state index in [1.165, 1.54) is 12.7 Å². The lowest BCUT2D eigenvalue weighted by Gasteiger charge is -2.30. The number of fused-ring (bicyclic) bond motifs is 1. The second kappa shape index (κ2) is 8.13. The predicted octanol–water partition coefficient (Wildman–Crippen LogP) is -0.497. The predicted molar refractivity (Wildman–Crippen MR) is 107 cm³/mol. The fourth-order valence-corrected chi connectivity index (χ4v) is 4.28. The Kier molecular flexibility index (Phi) is 5.32. The molecule has 2 saturated heterocycles. The normalized spacial score (nSPS) is 31.4. The average molecular weight is 431 g/mol. The summed E-state index contributed by atoms with van der Waals surface area (Å²) < 4.78 is 14.9. The van der Waals surface area contributed by atoms with Crippen molar-refractivity contribution in [1.29, 1.82) is 0 Å². The smallest absolute Gasteiger partial charge is 0.167 e. The van der Waals surface area contributed by atoms with E-state index in [4.69, 9.17) is 9.47 Å². The SMILES string of the molecule is Cn1nccc1C1CC(Nc2ncnc3c2ncn3[C@@H]2O[C@H](CO)[C@@H](O)[C@H]2O)CCO1. The number of hydrogen-bond acceptors (Lipinski definition) is 10. The van der Waals surface area contributed by atoms with Gasteiger partial charge >= 0.3 is 0 Å². The van der Waals surface area contributed by atoms with E-state index in [0.717, 1.165) is 18.5 Å². The Balaban J connectivity index is 1.37. The lowest BCUT2D eigenvalue weighted by molar-refractivity contribution is -0.0511. The first-order chi connectivity index (χ1) is 15.1. The van der Waals surface area contributed by atoms with Gasteiger partial charge in [-0.2, -0.15) is 5.10 Å². The molecule has 3 aromatic heterocycles. The fraction of sp³-hybridized carbons (Fsp3) is 0.579. The summed E-state index contributed by atoms with van der Waals surface area (Å²) in [6, 6.07) is 2.07. The van der Waals surface area contributed by atoms with Gasteiger partial charge in [-0.1, -0.05) is 0 Å². The van der Waals surface area contributed by atoms with E-state index in [9.17, 15) is 15.3 Å². The zero-order valence-electron chi connectivity index (χ0n) is 16.9. The number of aryl methyl sites for hydroxylation is 1. The quantitative estimate of drug-likeness (QED) is 0.416. The van der Waals surface area contributed by atoms with Crippen LogP contribution in [0.15, 0.2) is 24.9 Å². The molecule has 3 aromatic rings. The Bertz CT molecular complexity index is 1060. The van der Waals surface area contributed by atoms with Crippen LogP contribution < -0.4 is 5.32 Å². The van der Waals surface area contributed by atoms with Crippen LogP contribution in [0, 0.1) is 0 Å². The van der Waals surface area contributed by atoms with E-state index in [0.29, 0.717) is 23.6 Å². The van der Waals surface area contributed by atoms with E-state index in [-0.39, 0.29) is 12.1 Å². The third-order valence-corrected chi connectivity index (χ3v) is 5.96. The number of imidazole rings is 1. The van der Waals surface area contributed by atoms with Crippen molar-refractivity contribution in [3.63, 3.8) is 0 Å². The Morgan fingerprint density at radius 1 is 1.23 bits per heavy atom. The summed E-state index contributed by atoms with van der Waals surface area (Å²) in [5.74, 6) is 0.575. The van der Waals surface area contributed by atoms with Crippen molar-refractivity contribution >= 4 is 17.0 Å². The first-order valence-corrected chi connectivity index (χ1v) is 10.2. The van der Waals surface area contributed by atoms with Crippen molar-refractivity contribution in [2.45, 2.75) is 49.5 Å². The highest BCUT2D eigenvalue weighted by molar-refractivity contribution is 5.82. The van der Waals surface area contributed by atoms with Crippen molar-refractivity contribution in [3.05, 3.63) is 30.6 Å². The van der Waals surface area contributed by atoms with E-state index in [1.807, 2.05) is 17.8 Å². The Hall–Kier alpha value is -2.64. The maximum absolute atomic E-state index is 10.3. The number of aliphatic hydroxyl groups excluding tert-OH is 3. The summed E-state index contributed by atoms with van der Waals surface area (Å²) in [6.45, 7) is 0.212. The number of anilines is 1. The molecule has 6 atom stereocenters. The van der Waals surface area contributed by atoms with Gasteiger partial charge in [0.05, 0.1) is 18.6 Å². The molecule has 5 rings (SSSR count). The standard InChI is InChI=1S/C19H25N7O5/c1-25-11(2-4-23-25)12-6-10(3-5-30-12)24-17-14-18(21-8-20-17)26(9-22-14)19-16(29)15(28)13(7-27)31-19/h2,4,8-10,12-13,15-16,19,27-29H,3,5-7H2,1H3,(H,20,21,24)/t10?,12?,13-,15-,16-,19-/m1/s1. The summed E-state index contributed by atoms with van der Waals surface area (Å²) in [6.07, 6.45) is 1.99. The second-order valence-corrected chi connectivity index (χ2v) is 7.88. The van der Waals surface area contributed by atoms with Crippen LogP contribution >= 0.6 is 0 Å². The molecule has 2 unspecified atom stereocenters. The van der Waals surface area contributed by atoms with E-state index < -0.39 is 31.1 Å². The van der Waals surface area contributed by atoms with Crippen molar-refractivity contribution in [2.75, 3.05) is 18.5 Å². The van der Waals surface area contributed by atoms with Crippen LogP contribution in [0.4, 0.5) is 5.82 Å². The third-order valence-electron chi connectivity index (χ3n) is 5.96. The lowest BCUT2D eigenvalue weighted by atomic mass is 10.0. The molecule has 31 heavy (non-hydrogen) atoms. The Labute approximate surface area is 177 Å². The Morgan fingerprint density at radius 3 is 2.84 bits per heavy atom. The van der Waals surface area contributed by atoms with Crippen LogP contribution in [0.1, 0.15) is 30.9 Å². The molecule has 0 bridgehead atoms. The summed E-state index contributed by atoms with van der Waals surface area (Å²) in [5.41, 5.74) is 2.01. The molecule has 0 amide bonds. The summed E-state index contributed by atoms with van der Waals surface area (Å²) >= 11 is 0. The van der Waals surface area contributed by atoms with Crippen LogP contribution in [0.5, 0.6) is 0 Å². The zero-order chi connectivity index (χ0) is 21.5. The molecule has 166 valence electrons. The second-order valence-electron chi connectivity index (χ2n) is 7.88. The lowest BCUT2D eigenvalue weighted by Crippen LogP contribution is -2.33. The summed E-state index contributed by atoms with van der Waals surface area (Å²) in [5, 5.41) is 37.4. The highest BCUT2D eigenvalue weighted by Crippen LogP contribution is 2.33. The number of nitrogens with one attached hydrogen (secondary N) is 1. The van der Waals surface area contributed by atoms with Gasteiger partial charge in [-0.25, -0.2) is 15.0 Å². The molecule has 0 aromatic carbocycles. The number of hydrogen-bond donors (Lipinski definition) is 4. The van der Waals surface area contributed by atoms with Gasteiger partial charge in [0.25, 0.3) is 0 Å². The van der Waals surface area contributed by atoms with E-state index in [2.05, 4.69) is 25.4 Å². The molecule has 2 aliphatic heterocycles. The molecule has 0 saturated carbocycles. The van der Waals surface area contributed by atoms with Gasteiger partial charge in [0, 0.05) is 25.9 Å². The highest BCUT2D eigenvalue weighted by atomic mass is 16.6. The van der Waals surface area contributed by atoms with Gasteiger partial charge in [-0.05, 0) is 18.9 Å². The molecule has 2 fully saturated rings. The first-order valence-electron chi connectivity index (χ1n) is 10.2. The number of rotatable bonds is 5. The number of ether oxygens (including phenoxy) is 2. The fourth-order valence-electron chi connectivity index (χ4n) is 4.28. The Morgan fingerprint density at radius 2 is 2.10 bits per heavy atom. The van der Waals surface area contributed by atoms with E-state index >= 15 is 0 Å². The van der Waals surface area contributed by atoms with Gasteiger partial charge in [-0.15, -0.1) is 0 Å². The highest BCUT2D eigenvalue weighted by Gasteiger charge is 2.44. The summed E-state index contributed by atoms with van der Waals surface area (Å²) in [4.78, 5) is 13.1. The van der Waals surface area contributed by atoms with Crippen LogP contribution in [0.3, 0.4) is 0 Å². The molecule has 0 radical (unpaired) electrons. The molecule has 2 aliphatic rings. The molecule has 5 heterocycles. The molecule has 0 spiro atoms. The van der Waals surface area contributed by atoms with Gasteiger partial charge in [-0.3, -0.25) is 9.25 Å². The molecular formula is C19H25N7O5. The maximum Gasteiger partial charge on any atom is 0.167 e. The van der Waals surface area contributed by atoms with Gasteiger partial charge in [0.15, 0.2) is 23.2 Å². The number of aliphatic hydroxyl groups is 3.